The minimum Gasteiger partial charge on any atom is -0.384 e. The quantitative estimate of drug-likeness (QED) is 0.530. The third-order valence-electron chi connectivity index (χ3n) is 1.61. The highest BCUT2D eigenvalue weighted by atomic mass is 32.2. The molecule has 0 aromatic carbocycles. The van der Waals surface area contributed by atoms with Crippen LogP contribution in [0.4, 0.5) is 0 Å². The van der Waals surface area contributed by atoms with Crippen molar-refractivity contribution in [3.63, 3.8) is 0 Å². The molecule has 0 spiro atoms. The van der Waals surface area contributed by atoms with Crippen LogP contribution in [0, 0.1) is 17.8 Å². The third-order valence-corrected chi connectivity index (χ3v) is 2.66. The first-order valence-electron chi connectivity index (χ1n) is 3.60. The first-order chi connectivity index (χ1) is 4.93. The second-order valence-electron chi connectivity index (χ2n) is 2.37. The van der Waals surface area contributed by atoms with Gasteiger partial charge in [-0.15, -0.1) is 0 Å². The molecule has 0 aliphatic carbocycles. The smallest absolute Gasteiger partial charge is 0.104 e. The van der Waals surface area contributed by atoms with Gasteiger partial charge in [0.25, 0.3) is 0 Å². The van der Waals surface area contributed by atoms with Gasteiger partial charge in [0.2, 0.25) is 0 Å². The Morgan fingerprint density at radius 3 is 2.70 bits per heavy atom. The van der Waals surface area contributed by atoms with Gasteiger partial charge in [0.1, 0.15) is 6.61 Å². The van der Waals surface area contributed by atoms with E-state index in [0.717, 1.165) is 0 Å². The van der Waals surface area contributed by atoms with Crippen LogP contribution in [-0.2, 0) is 0 Å². The van der Waals surface area contributed by atoms with Crippen LogP contribution in [0.5, 0.6) is 0 Å². The van der Waals surface area contributed by atoms with Crippen molar-refractivity contribution >= 4 is 11.8 Å². The van der Waals surface area contributed by atoms with E-state index in [2.05, 4.69) is 11.8 Å². The molecule has 0 aromatic heterocycles. The number of hydrogen-bond acceptors (Lipinski definition) is 2. The molecule has 1 heterocycles. The molecular weight excluding hydrogens is 144 g/mol. The van der Waals surface area contributed by atoms with E-state index in [1.807, 2.05) is 11.8 Å². The Bertz CT molecular complexity index is 139. The van der Waals surface area contributed by atoms with E-state index < -0.39 is 0 Å². The first kappa shape index (κ1) is 7.97. The van der Waals surface area contributed by atoms with Crippen molar-refractivity contribution in [2.24, 2.45) is 5.92 Å². The zero-order valence-electron chi connectivity index (χ0n) is 5.97. The lowest BCUT2D eigenvalue weighted by atomic mass is 10.0. The average Bonchev–Trinajstić information content (AvgIpc) is 2.03. The van der Waals surface area contributed by atoms with E-state index in [1.54, 1.807) is 0 Å². The molecule has 1 saturated heterocycles. The van der Waals surface area contributed by atoms with E-state index in [-0.39, 0.29) is 6.61 Å². The van der Waals surface area contributed by atoms with Crippen LogP contribution >= 0.6 is 11.8 Å². The van der Waals surface area contributed by atoms with Gasteiger partial charge in [0, 0.05) is 5.92 Å². The first-order valence-corrected chi connectivity index (χ1v) is 4.76. The van der Waals surface area contributed by atoms with Gasteiger partial charge >= 0.3 is 0 Å². The third kappa shape index (κ3) is 2.64. The zero-order chi connectivity index (χ0) is 7.23. The Kier molecular flexibility index (Phi) is 3.71. The van der Waals surface area contributed by atoms with Crippen LogP contribution in [0.25, 0.3) is 0 Å². The summed E-state index contributed by atoms with van der Waals surface area (Å²) in [5.74, 6) is 8.82. The summed E-state index contributed by atoms with van der Waals surface area (Å²) in [7, 11) is 0. The Balaban J connectivity index is 2.25. The van der Waals surface area contributed by atoms with Gasteiger partial charge in [-0.3, -0.25) is 0 Å². The van der Waals surface area contributed by atoms with E-state index in [0.29, 0.717) is 5.92 Å². The lowest BCUT2D eigenvalue weighted by molar-refractivity contribution is 0.350. The molecule has 1 N–H and O–H groups in total. The maximum atomic E-state index is 8.42. The van der Waals surface area contributed by atoms with Gasteiger partial charge in [0.05, 0.1) is 0 Å². The summed E-state index contributed by atoms with van der Waals surface area (Å²) in [5, 5.41) is 8.42. The summed E-state index contributed by atoms with van der Waals surface area (Å²) in [5.41, 5.74) is 0. The summed E-state index contributed by atoms with van der Waals surface area (Å²) >= 11 is 2.00. The number of aliphatic hydroxyl groups excluding tert-OH is 1. The van der Waals surface area contributed by atoms with Crippen LogP contribution in [0.3, 0.4) is 0 Å². The van der Waals surface area contributed by atoms with Gasteiger partial charge in [-0.25, -0.2) is 0 Å². The number of thioether (sulfide) groups is 1. The van der Waals surface area contributed by atoms with Gasteiger partial charge < -0.3 is 5.11 Å². The molecule has 0 aromatic rings. The van der Waals surface area contributed by atoms with Crippen LogP contribution in [0.2, 0.25) is 0 Å². The van der Waals surface area contributed by atoms with Crippen molar-refractivity contribution in [3.8, 4) is 11.8 Å². The molecule has 0 bridgehead atoms. The molecule has 10 heavy (non-hydrogen) atoms. The van der Waals surface area contributed by atoms with Crippen molar-refractivity contribution < 1.29 is 5.11 Å². The Labute approximate surface area is 66.2 Å². The van der Waals surface area contributed by atoms with Crippen molar-refractivity contribution in [3.05, 3.63) is 0 Å². The standard InChI is InChI=1S/C8H12OS/c9-5-1-2-8-3-6-10-7-4-8/h8-9H,3-7H2. The SMILES string of the molecule is OCC#CC1CCSCC1. The number of rotatable bonds is 0. The number of hydrogen-bond donors (Lipinski definition) is 1. The lowest BCUT2D eigenvalue weighted by Crippen LogP contribution is -2.06. The highest BCUT2D eigenvalue weighted by Gasteiger charge is 2.09. The number of aliphatic hydroxyl groups is 1. The molecule has 1 rings (SSSR count). The monoisotopic (exact) mass is 156 g/mol. The van der Waals surface area contributed by atoms with Crippen LogP contribution in [0.15, 0.2) is 0 Å². The van der Waals surface area contributed by atoms with Crippen molar-refractivity contribution in [2.75, 3.05) is 18.1 Å². The predicted molar refractivity (Wildman–Crippen MR) is 44.9 cm³/mol. The molecule has 0 radical (unpaired) electrons. The maximum absolute atomic E-state index is 8.42. The average molecular weight is 156 g/mol. The van der Waals surface area contributed by atoms with E-state index in [9.17, 15) is 0 Å². The van der Waals surface area contributed by atoms with Crippen molar-refractivity contribution in [1.82, 2.24) is 0 Å². The van der Waals surface area contributed by atoms with Crippen LogP contribution in [0.1, 0.15) is 12.8 Å². The lowest BCUT2D eigenvalue weighted by Gasteiger charge is -2.15. The molecule has 1 fully saturated rings. The minimum absolute atomic E-state index is 0.0175. The largest absolute Gasteiger partial charge is 0.384 e. The maximum Gasteiger partial charge on any atom is 0.104 e. The molecule has 0 amide bonds. The fourth-order valence-corrected chi connectivity index (χ4v) is 2.14. The van der Waals surface area contributed by atoms with Crippen LogP contribution in [-0.4, -0.2) is 23.2 Å². The summed E-state index contributed by atoms with van der Waals surface area (Å²) in [4.78, 5) is 0. The summed E-state index contributed by atoms with van der Waals surface area (Å²) in [6.07, 6.45) is 2.41. The molecular formula is C8H12OS. The second-order valence-corrected chi connectivity index (χ2v) is 3.59. The van der Waals surface area contributed by atoms with Crippen molar-refractivity contribution in [2.45, 2.75) is 12.8 Å². The molecule has 0 atom stereocenters. The fourth-order valence-electron chi connectivity index (χ4n) is 1.03. The molecule has 1 aliphatic heterocycles. The summed E-state index contributed by atoms with van der Waals surface area (Å²) in [6.45, 7) is 0.0175. The zero-order valence-corrected chi connectivity index (χ0v) is 6.78. The fraction of sp³-hybridized carbons (Fsp3) is 0.750. The predicted octanol–water partition coefficient (Wildman–Crippen LogP) is 1.13. The molecule has 1 nitrogen and oxygen atoms in total. The minimum atomic E-state index is 0.0175. The molecule has 0 unspecified atom stereocenters. The van der Waals surface area contributed by atoms with Crippen molar-refractivity contribution in [1.29, 1.82) is 0 Å². The Hall–Kier alpha value is -0.130. The summed E-state index contributed by atoms with van der Waals surface area (Å²) < 4.78 is 0. The van der Waals surface area contributed by atoms with E-state index in [1.165, 1.54) is 24.3 Å². The van der Waals surface area contributed by atoms with E-state index >= 15 is 0 Å². The normalized spacial score (nSPS) is 19.7. The van der Waals surface area contributed by atoms with Gasteiger partial charge in [-0.2, -0.15) is 11.8 Å². The van der Waals surface area contributed by atoms with E-state index in [4.69, 9.17) is 5.11 Å². The Morgan fingerprint density at radius 2 is 2.10 bits per heavy atom. The molecule has 0 saturated carbocycles. The summed E-state index contributed by atoms with van der Waals surface area (Å²) in [6, 6.07) is 0. The van der Waals surface area contributed by atoms with Gasteiger partial charge in [-0.1, -0.05) is 11.8 Å². The highest BCUT2D eigenvalue weighted by Crippen LogP contribution is 2.21. The second kappa shape index (κ2) is 4.65. The molecule has 1 aliphatic rings. The topological polar surface area (TPSA) is 20.2 Å². The molecule has 56 valence electrons. The molecule has 2 heteroatoms. The van der Waals surface area contributed by atoms with Crippen LogP contribution < -0.4 is 0 Å². The van der Waals surface area contributed by atoms with Gasteiger partial charge in [0.15, 0.2) is 0 Å². The highest BCUT2D eigenvalue weighted by molar-refractivity contribution is 7.99. The Morgan fingerprint density at radius 1 is 1.40 bits per heavy atom. The van der Waals surface area contributed by atoms with Gasteiger partial charge in [-0.05, 0) is 24.3 Å².